The number of sulfone groups is 1. The fraction of sp³-hybridized carbons (Fsp3) is 0.222. The maximum atomic E-state index is 12.5. The lowest BCUT2D eigenvalue weighted by molar-refractivity contribution is -0.129. The van der Waals surface area contributed by atoms with E-state index in [9.17, 15) is 26.8 Å². The average molecular weight is 397 g/mol. The molecule has 0 fully saturated rings. The summed E-state index contributed by atoms with van der Waals surface area (Å²) in [4.78, 5) is 23.4. The van der Waals surface area contributed by atoms with Crippen LogP contribution in [-0.2, 0) is 25.9 Å². The molecular weight excluding hydrogens is 380 g/mol. The van der Waals surface area contributed by atoms with Crippen LogP contribution < -0.4 is 5.32 Å². The minimum Gasteiger partial charge on any atom is -0.449 e. The lowest BCUT2D eigenvalue weighted by Gasteiger charge is -2.14. The highest BCUT2D eigenvalue weighted by molar-refractivity contribution is 7.91. The van der Waals surface area contributed by atoms with Gasteiger partial charge in [-0.05, 0) is 36.8 Å². The summed E-state index contributed by atoms with van der Waals surface area (Å²) >= 11 is 0. The van der Waals surface area contributed by atoms with E-state index < -0.39 is 38.5 Å². The highest BCUT2D eigenvalue weighted by Gasteiger charge is 2.27. The molecule has 6 nitrogen and oxygen atoms in total. The number of alkyl halides is 2. The molecule has 9 heteroatoms. The van der Waals surface area contributed by atoms with Crippen LogP contribution in [0, 0.1) is 0 Å². The van der Waals surface area contributed by atoms with Gasteiger partial charge in [-0.1, -0.05) is 30.3 Å². The fourth-order valence-corrected chi connectivity index (χ4v) is 2.82. The molecule has 27 heavy (non-hydrogen) atoms. The number of carbonyl (C=O) groups excluding carboxylic acids is 2. The normalized spacial score (nSPS) is 12.4. The first-order valence-electron chi connectivity index (χ1n) is 7.86. The number of ether oxygens (including phenoxy) is 1. The molecule has 0 aliphatic rings. The quantitative estimate of drug-likeness (QED) is 0.726. The van der Waals surface area contributed by atoms with Crippen molar-refractivity contribution in [3.63, 3.8) is 0 Å². The van der Waals surface area contributed by atoms with Gasteiger partial charge in [-0.2, -0.15) is 8.78 Å². The Morgan fingerprint density at radius 3 is 2.19 bits per heavy atom. The summed E-state index contributed by atoms with van der Waals surface area (Å²) in [6.45, 7) is 1.65. The first-order chi connectivity index (χ1) is 12.7. The number of carbonyl (C=O) groups is 2. The van der Waals surface area contributed by atoms with Gasteiger partial charge < -0.3 is 10.1 Å². The molecule has 2 aromatic rings. The smallest absolute Gasteiger partial charge is 0.341 e. The summed E-state index contributed by atoms with van der Waals surface area (Å²) in [5.74, 6) is -4.94. The van der Waals surface area contributed by atoms with Gasteiger partial charge in [0.2, 0.25) is 9.84 Å². The largest absolute Gasteiger partial charge is 0.449 e. The fourth-order valence-electron chi connectivity index (χ4n) is 2.09. The molecule has 0 saturated carbocycles. The highest BCUT2D eigenvalue weighted by atomic mass is 32.2. The molecule has 0 radical (unpaired) electrons. The van der Waals surface area contributed by atoms with Crippen LogP contribution in [-0.4, -0.2) is 32.2 Å². The molecule has 2 aromatic carbocycles. The molecular formula is C18H17F2NO5S. The van der Waals surface area contributed by atoms with Crippen molar-refractivity contribution in [2.45, 2.75) is 30.2 Å². The van der Waals surface area contributed by atoms with E-state index in [4.69, 9.17) is 4.74 Å². The summed E-state index contributed by atoms with van der Waals surface area (Å²) in [5, 5.41) is 2.62. The average Bonchev–Trinajstić information content (AvgIpc) is 2.66. The van der Waals surface area contributed by atoms with Gasteiger partial charge in [-0.3, -0.25) is 4.79 Å². The Kier molecular flexibility index (Phi) is 6.62. The van der Waals surface area contributed by atoms with E-state index in [0.29, 0.717) is 0 Å². The van der Waals surface area contributed by atoms with Crippen LogP contribution in [0.5, 0.6) is 0 Å². The van der Waals surface area contributed by atoms with E-state index in [0.717, 1.165) is 29.8 Å². The van der Waals surface area contributed by atoms with Crippen molar-refractivity contribution in [1.29, 1.82) is 0 Å². The van der Waals surface area contributed by atoms with E-state index in [-0.39, 0.29) is 12.1 Å². The van der Waals surface area contributed by atoms with Gasteiger partial charge >= 0.3 is 11.7 Å². The molecule has 0 aromatic heterocycles. The Labute approximate surface area is 155 Å². The summed E-state index contributed by atoms with van der Waals surface area (Å²) in [6, 6.07) is 13.0. The van der Waals surface area contributed by atoms with Crippen molar-refractivity contribution in [2.24, 2.45) is 0 Å². The third-order valence-electron chi connectivity index (χ3n) is 3.62. The van der Waals surface area contributed by atoms with Gasteiger partial charge in [0.1, 0.15) is 0 Å². The molecule has 1 amide bonds. The lowest BCUT2D eigenvalue weighted by Crippen LogP contribution is -2.35. The first kappa shape index (κ1) is 20.5. The van der Waals surface area contributed by atoms with Crippen molar-refractivity contribution >= 4 is 21.7 Å². The molecule has 0 aliphatic carbocycles. The topological polar surface area (TPSA) is 89.5 Å². The Morgan fingerprint density at radius 2 is 1.63 bits per heavy atom. The zero-order valence-electron chi connectivity index (χ0n) is 14.3. The molecule has 0 spiro atoms. The summed E-state index contributed by atoms with van der Waals surface area (Å²) in [6.07, 6.45) is -1.09. The van der Waals surface area contributed by atoms with Crippen molar-refractivity contribution in [3.05, 3.63) is 65.7 Å². The Hall–Kier alpha value is -2.81. The summed E-state index contributed by atoms with van der Waals surface area (Å²) in [5.41, 5.74) is 0.811. The number of benzene rings is 2. The molecule has 0 unspecified atom stereocenters. The molecule has 0 bridgehead atoms. The monoisotopic (exact) mass is 397 g/mol. The van der Waals surface area contributed by atoms with Crippen LogP contribution in [0.15, 0.2) is 59.5 Å². The van der Waals surface area contributed by atoms with Gasteiger partial charge in [0, 0.05) is 6.54 Å². The zero-order valence-corrected chi connectivity index (χ0v) is 15.1. The maximum absolute atomic E-state index is 12.5. The van der Waals surface area contributed by atoms with E-state index in [2.05, 4.69) is 5.32 Å². The second-order valence-electron chi connectivity index (χ2n) is 5.58. The van der Waals surface area contributed by atoms with Crippen LogP contribution >= 0.6 is 0 Å². The van der Waals surface area contributed by atoms with Gasteiger partial charge in [0.25, 0.3) is 5.91 Å². The number of esters is 1. The third kappa shape index (κ3) is 5.33. The van der Waals surface area contributed by atoms with Crippen LogP contribution in [0.4, 0.5) is 8.78 Å². The molecule has 0 saturated heterocycles. The second-order valence-corrected chi connectivity index (χ2v) is 7.50. The van der Waals surface area contributed by atoms with Crippen LogP contribution in [0.1, 0.15) is 22.8 Å². The van der Waals surface area contributed by atoms with Crippen molar-refractivity contribution < 1.29 is 31.5 Å². The predicted octanol–water partition coefficient (Wildman–Crippen LogP) is 2.54. The summed E-state index contributed by atoms with van der Waals surface area (Å²) in [7, 11) is -4.74. The number of halogens is 2. The number of nitrogens with one attached hydrogen (secondary N) is 1. The molecule has 0 aliphatic heterocycles. The Balaban J connectivity index is 1.94. The highest BCUT2D eigenvalue weighted by Crippen LogP contribution is 2.19. The minimum atomic E-state index is -4.74. The number of rotatable bonds is 7. The van der Waals surface area contributed by atoms with Gasteiger partial charge in [0.05, 0.1) is 10.5 Å². The molecule has 2 rings (SSSR count). The third-order valence-corrected chi connectivity index (χ3v) is 5.01. The van der Waals surface area contributed by atoms with E-state index in [1.807, 2.05) is 30.3 Å². The van der Waals surface area contributed by atoms with Gasteiger partial charge in [-0.15, -0.1) is 0 Å². The zero-order chi connectivity index (χ0) is 20.0. The predicted molar refractivity (Wildman–Crippen MR) is 92.8 cm³/mol. The van der Waals surface area contributed by atoms with E-state index in [1.54, 1.807) is 0 Å². The first-order valence-corrected chi connectivity index (χ1v) is 9.41. The molecule has 1 atom stereocenters. The van der Waals surface area contributed by atoms with Crippen LogP contribution in [0.3, 0.4) is 0 Å². The summed E-state index contributed by atoms with van der Waals surface area (Å²) < 4.78 is 52.7. The number of hydrogen-bond acceptors (Lipinski definition) is 5. The second kappa shape index (κ2) is 8.72. The molecule has 144 valence electrons. The van der Waals surface area contributed by atoms with Crippen molar-refractivity contribution in [3.8, 4) is 0 Å². The van der Waals surface area contributed by atoms with Gasteiger partial charge in [0.15, 0.2) is 6.10 Å². The number of hydrogen-bond donors (Lipinski definition) is 1. The minimum absolute atomic E-state index is 0.0640. The van der Waals surface area contributed by atoms with E-state index >= 15 is 0 Å². The Morgan fingerprint density at radius 1 is 1.04 bits per heavy atom. The van der Waals surface area contributed by atoms with Crippen molar-refractivity contribution in [2.75, 3.05) is 0 Å². The molecule has 0 heterocycles. The van der Waals surface area contributed by atoms with E-state index in [1.165, 1.54) is 6.92 Å². The lowest BCUT2D eigenvalue weighted by atomic mass is 10.2. The number of amides is 1. The van der Waals surface area contributed by atoms with Crippen LogP contribution in [0.2, 0.25) is 0 Å². The Bertz CT molecular complexity index is 899. The van der Waals surface area contributed by atoms with Crippen LogP contribution in [0.25, 0.3) is 0 Å². The standard InChI is InChI=1S/C18H17F2NO5S/c1-12(16(22)21-11-13-5-3-2-4-6-13)26-17(23)14-7-9-15(10-8-14)27(24,25)18(19)20/h2-10,12,18H,11H2,1H3,(H,21,22)/t12-/m0/s1. The van der Waals surface area contributed by atoms with Crippen molar-refractivity contribution in [1.82, 2.24) is 5.32 Å². The maximum Gasteiger partial charge on any atom is 0.341 e. The molecule has 1 N–H and O–H groups in total. The SMILES string of the molecule is C[C@H](OC(=O)c1ccc(S(=O)(=O)C(F)F)cc1)C(=O)NCc1ccccc1. The van der Waals surface area contributed by atoms with Gasteiger partial charge in [-0.25, -0.2) is 13.2 Å².